The lowest BCUT2D eigenvalue weighted by Crippen LogP contribution is -2.27. The molecule has 10 heteroatoms. The van der Waals surface area contributed by atoms with Crippen molar-refractivity contribution in [1.82, 2.24) is 15.0 Å². The predicted octanol–water partition coefficient (Wildman–Crippen LogP) is 6.97. The van der Waals surface area contributed by atoms with Gasteiger partial charge in [0.05, 0.1) is 29.1 Å². The molecule has 0 amide bonds. The van der Waals surface area contributed by atoms with E-state index >= 15 is 4.39 Å². The summed E-state index contributed by atoms with van der Waals surface area (Å²) in [5.74, 6) is 0.806. The molecule has 0 atom stereocenters. The summed E-state index contributed by atoms with van der Waals surface area (Å²) in [5.41, 5.74) is 1.54. The zero-order valence-electron chi connectivity index (χ0n) is 24.2. The lowest BCUT2D eigenvalue weighted by atomic mass is 10.1. The van der Waals surface area contributed by atoms with Gasteiger partial charge in [0.2, 0.25) is 5.43 Å². The highest BCUT2D eigenvalue weighted by Gasteiger charge is 2.18. The first-order valence-electron chi connectivity index (χ1n) is 13.8. The van der Waals surface area contributed by atoms with Crippen molar-refractivity contribution in [3.05, 3.63) is 107 Å². The van der Waals surface area contributed by atoms with Gasteiger partial charge >= 0.3 is 0 Å². The Hall–Kier alpha value is -5.48. The summed E-state index contributed by atoms with van der Waals surface area (Å²) >= 11 is 0. The maximum Gasteiger partial charge on any atom is 0.200 e. The smallest absolute Gasteiger partial charge is 0.200 e. The standard InChI is InChI=1S/C34H29FN4O5/c1-34(2,41)19-43-30-16-22-26(17-29(30)42-3)36-14-12-27(22)44-28-10-9-21(15-24(28)35)39-33-31-25(11-13-37-33)38-18-23(32(31)40)20-7-5-4-6-8-20/h4-18,41H,19H2,1-3H3,(H,37,39)(H,38,40). The van der Waals surface area contributed by atoms with Crippen molar-refractivity contribution in [3.63, 3.8) is 0 Å². The summed E-state index contributed by atoms with van der Waals surface area (Å²) in [5, 5.41) is 14.1. The molecule has 3 aromatic heterocycles. The minimum absolute atomic E-state index is 0.0204. The molecule has 3 N–H and O–H groups in total. The summed E-state index contributed by atoms with van der Waals surface area (Å²) in [6.45, 7) is 3.29. The highest BCUT2D eigenvalue weighted by Crippen LogP contribution is 2.38. The van der Waals surface area contributed by atoms with E-state index in [9.17, 15) is 9.90 Å². The third-order valence-electron chi connectivity index (χ3n) is 6.86. The number of fused-ring (bicyclic) bond motifs is 2. The normalized spacial score (nSPS) is 11.5. The third-order valence-corrected chi connectivity index (χ3v) is 6.86. The second kappa shape index (κ2) is 11.7. The van der Waals surface area contributed by atoms with Crippen LogP contribution in [0.3, 0.4) is 0 Å². The van der Waals surface area contributed by atoms with Crippen LogP contribution in [0.4, 0.5) is 15.9 Å². The molecule has 0 radical (unpaired) electrons. The van der Waals surface area contributed by atoms with Gasteiger partial charge in [-0.15, -0.1) is 0 Å². The first kappa shape index (κ1) is 28.6. The van der Waals surface area contributed by atoms with E-state index in [1.807, 2.05) is 30.3 Å². The molecule has 0 saturated heterocycles. The molecule has 0 saturated carbocycles. The van der Waals surface area contributed by atoms with Crippen molar-refractivity contribution >= 4 is 33.3 Å². The van der Waals surface area contributed by atoms with Crippen molar-refractivity contribution in [2.75, 3.05) is 19.0 Å². The minimum atomic E-state index is -1.06. The molecular formula is C34H29FN4O5. The zero-order valence-corrected chi connectivity index (χ0v) is 24.2. The number of pyridine rings is 3. The minimum Gasteiger partial charge on any atom is -0.493 e. The third kappa shape index (κ3) is 5.88. The molecule has 0 aliphatic carbocycles. The number of nitrogens with zero attached hydrogens (tertiary/aromatic N) is 2. The maximum absolute atomic E-state index is 15.4. The van der Waals surface area contributed by atoms with E-state index in [-0.39, 0.29) is 17.8 Å². The number of hydrogen-bond donors (Lipinski definition) is 3. The van der Waals surface area contributed by atoms with Gasteiger partial charge in [-0.05, 0) is 49.7 Å². The van der Waals surface area contributed by atoms with Gasteiger partial charge in [-0.25, -0.2) is 9.37 Å². The van der Waals surface area contributed by atoms with E-state index in [0.717, 1.165) is 5.56 Å². The van der Waals surface area contributed by atoms with Crippen molar-refractivity contribution < 1.29 is 23.7 Å². The molecule has 0 fully saturated rings. The molecule has 0 aliphatic heterocycles. The van der Waals surface area contributed by atoms with Crippen LogP contribution in [-0.2, 0) is 0 Å². The van der Waals surface area contributed by atoms with Crippen molar-refractivity contribution in [1.29, 1.82) is 0 Å². The summed E-state index contributed by atoms with van der Waals surface area (Å²) in [7, 11) is 1.51. The molecule has 0 aliphatic rings. The van der Waals surface area contributed by atoms with Gasteiger partial charge in [0.15, 0.2) is 23.1 Å². The van der Waals surface area contributed by atoms with Gasteiger partial charge < -0.3 is 29.6 Å². The van der Waals surface area contributed by atoms with E-state index in [1.165, 1.54) is 19.2 Å². The Morgan fingerprint density at radius 2 is 1.73 bits per heavy atom. The fraction of sp³-hybridized carbons (Fsp3) is 0.147. The van der Waals surface area contributed by atoms with E-state index in [0.29, 0.717) is 56.1 Å². The molecule has 44 heavy (non-hydrogen) atoms. The highest BCUT2D eigenvalue weighted by atomic mass is 19.1. The molecular weight excluding hydrogens is 563 g/mol. The van der Waals surface area contributed by atoms with Crippen LogP contribution >= 0.6 is 0 Å². The van der Waals surface area contributed by atoms with Crippen LogP contribution in [0.2, 0.25) is 0 Å². The molecule has 6 rings (SSSR count). The van der Waals surface area contributed by atoms with Gasteiger partial charge in [0, 0.05) is 47.4 Å². The first-order chi connectivity index (χ1) is 21.2. The van der Waals surface area contributed by atoms with Crippen LogP contribution in [0.25, 0.3) is 32.9 Å². The molecule has 0 unspecified atom stereocenters. The Morgan fingerprint density at radius 1 is 0.932 bits per heavy atom. The van der Waals surface area contributed by atoms with Crippen LogP contribution < -0.4 is 25.0 Å². The van der Waals surface area contributed by atoms with Gasteiger partial charge in [-0.1, -0.05) is 30.3 Å². The molecule has 9 nitrogen and oxygen atoms in total. The van der Waals surface area contributed by atoms with Gasteiger partial charge in [0.1, 0.15) is 18.2 Å². The van der Waals surface area contributed by atoms with E-state index < -0.39 is 11.4 Å². The molecule has 6 aromatic rings. The number of anilines is 2. The van der Waals surface area contributed by atoms with Crippen molar-refractivity contribution in [2.45, 2.75) is 19.4 Å². The Kier molecular flexibility index (Phi) is 7.59. The Morgan fingerprint density at radius 3 is 2.48 bits per heavy atom. The Bertz CT molecular complexity index is 2040. The lowest BCUT2D eigenvalue weighted by Gasteiger charge is -2.19. The summed E-state index contributed by atoms with van der Waals surface area (Å²) < 4.78 is 32.7. The second-order valence-electron chi connectivity index (χ2n) is 10.8. The number of benzene rings is 3. The number of aliphatic hydroxyl groups is 1. The average Bonchev–Trinajstić information content (AvgIpc) is 3.01. The van der Waals surface area contributed by atoms with Crippen LogP contribution in [0.5, 0.6) is 23.0 Å². The predicted molar refractivity (Wildman–Crippen MR) is 168 cm³/mol. The number of nitrogens with one attached hydrogen (secondary N) is 2. The van der Waals surface area contributed by atoms with E-state index in [4.69, 9.17) is 14.2 Å². The van der Waals surface area contributed by atoms with Crippen LogP contribution in [-0.4, -0.2) is 39.4 Å². The van der Waals surface area contributed by atoms with Gasteiger partial charge in [-0.2, -0.15) is 0 Å². The summed E-state index contributed by atoms with van der Waals surface area (Å²) in [6, 6.07) is 20.4. The lowest BCUT2D eigenvalue weighted by molar-refractivity contribution is 0.0277. The molecule has 3 heterocycles. The first-order valence-corrected chi connectivity index (χ1v) is 13.8. The molecule has 0 bridgehead atoms. The number of aromatic amines is 1. The second-order valence-corrected chi connectivity index (χ2v) is 10.8. The molecule has 0 spiro atoms. The fourth-order valence-corrected chi connectivity index (χ4v) is 4.75. The van der Waals surface area contributed by atoms with E-state index in [1.54, 1.807) is 62.8 Å². The fourth-order valence-electron chi connectivity index (χ4n) is 4.75. The quantitative estimate of drug-likeness (QED) is 0.165. The SMILES string of the molecule is COc1cc2nccc(Oc3ccc(Nc4nccc5[nH]cc(-c6ccccc6)c(=O)c45)cc3F)c2cc1OCC(C)(C)O. The Labute approximate surface area is 251 Å². The number of H-pyrrole nitrogens is 1. The maximum atomic E-state index is 15.4. The van der Waals surface area contributed by atoms with Crippen molar-refractivity contribution in [2.24, 2.45) is 0 Å². The van der Waals surface area contributed by atoms with Gasteiger partial charge in [-0.3, -0.25) is 9.78 Å². The van der Waals surface area contributed by atoms with Crippen molar-refractivity contribution in [3.8, 4) is 34.1 Å². The number of methoxy groups -OCH3 is 1. The largest absolute Gasteiger partial charge is 0.493 e. The highest BCUT2D eigenvalue weighted by molar-refractivity contribution is 5.93. The molecule has 222 valence electrons. The number of rotatable bonds is 9. The van der Waals surface area contributed by atoms with Gasteiger partial charge in [0.25, 0.3) is 0 Å². The monoisotopic (exact) mass is 592 g/mol. The Balaban J connectivity index is 1.30. The number of hydrogen-bond acceptors (Lipinski definition) is 8. The summed E-state index contributed by atoms with van der Waals surface area (Å²) in [6.07, 6.45) is 4.80. The van der Waals surface area contributed by atoms with Crippen LogP contribution in [0.1, 0.15) is 13.8 Å². The van der Waals surface area contributed by atoms with Crippen LogP contribution in [0, 0.1) is 5.82 Å². The number of halogens is 1. The number of aromatic nitrogens is 3. The average molecular weight is 593 g/mol. The zero-order chi connectivity index (χ0) is 30.8. The topological polar surface area (TPSA) is 119 Å². The molecule has 3 aromatic carbocycles. The van der Waals surface area contributed by atoms with E-state index in [2.05, 4.69) is 20.3 Å². The summed E-state index contributed by atoms with van der Waals surface area (Å²) in [4.78, 5) is 25.4. The van der Waals surface area contributed by atoms with Crippen LogP contribution in [0.15, 0.2) is 96.2 Å². The number of ether oxygens (including phenoxy) is 3.